The molecule has 0 heterocycles. The Morgan fingerprint density at radius 3 is 2.25 bits per heavy atom. The number of halogens is 1. The highest BCUT2D eigenvalue weighted by Crippen LogP contribution is 2.22. The van der Waals surface area contributed by atoms with Crippen molar-refractivity contribution in [1.82, 2.24) is 10.2 Å². The SMILES string of the molecule is CCCNC(=O)[C@H](C)N(Cc1ccc(F)cc1)C(=O)CCCN(c1ccc(OCC)cc1)S(C)(=O)=O. The first-order valence-electron chi connectivity index (χ1n) is 12.1. The Labute approximate surface area is 213 Å². The molecule has 0 saturated carbocycles. The summed E-state index contributed by atoms with van der Waals surface area (Å²) in [5, 5.41) is 2.80. The highest BCUT2D eigenvalue weighted by atomic mass is 32.2. The molecule has 198 valence electrons. The number of anilines is 1. The molecule has 2 aromatic rings. The van der Waals surface area contributed by atoms with Crippen molar-refractivity contribution in [3.05, 3.63) is 59.9 Å². The summed E-state index contributed by atoms with van der Waals surface area (Å²) in [6.07, 6.45) is 2.17. The van der Waals surface area contributed by atoms with Crippen molar-refractivity contribution in [2.24, 2.45) is 0 Å². The fourth-order valence-corrected chi connectivity index (χ4v) is 4.61. The van der Waals surface area contributed by atoms with Crippen LogP contribution in [0.3, 0.4) is 0 Å². The highest BCUT2D eigenvalue weighted by Gasteiger charge is 2.26. The van der Waals surface area contributed by atoms with Gasteiger partial charge in [-0.25, -0.2) is 12.8 Å². The molecule has 0 aliphatic rings. The number of carbonyl (C=O) groups is 2. The molecule has 2 rings (SSSR count). The van der Waals surface area contributed by atoms with E-state index in [0.717, 1.165) is 12.7 Å². The van der Waals surface area contributed by atoms with Gasteiger partial charge in [0.05, 0.1) is 18.6 Å². The lowest BCUT2D eigenvalue weighted by Crippen LogP contribution is -2.47. The van der Waals surface area contributed by atoms with Gasteiger partial charge in [0.25, 0.3) is 0 Å². The van der Waals surface area contributed by atoms with Crippen LogP contribution in [-0.2, 0) is 26.2 Å². The van der Waals surface area contributed by atoms with Gasteiger partial charge in [0.15, 0.2) is 0 Å². The van der Waals surface area contributed by atoms with Crippen molar-refractivity contribution in [1.29, 1.82) is 0 Å². The van der Waals surface area contributed by atoms with Gasteiger partial charge in [-0.05, 0) is 68.7 Å². The number of benzene rings is 2. The summed E-state index contributed by atoms with van der Waals surface area (Å²) in [4.78, 5) is 27.3. The normalized spacial score (nSPS) is 12.0. The average molecular weight is 522 g/mol. The Morgan fingerprint density at radius 2 is 1.69 bits per heavy atom. The van der Waals surface area contributed by atoms with Crippen LogP contribution in [0.2, 0.25) is 0 Å². The van der Waals surface area contributed by atoms with Crippen molar-refractivity contribution < 1.29 is 27.1 Å². The van der Waals surface area contributed by atoms with Crippen LogP contribution in [0.5, 0.6) is 5.75 Å². The van der Waals surface area contributed by atoms with Gasteiger partial charge in [0.1, 0.15) is 17.6 Å². The molecule has 0 unspecified atom stereocenters. The molecule has 0 aliphatic heterocycles. The van der Waals surface area contributed by atoms with Gasteiger partial charge in [-0.3, -0.25) is 13.9 Å². The monoisotopic (exact) mass is 521 g/mol. The van der Waals surface area contributed by atoms with E-state index in [1.165, 1.54) is 21.3 Å². The van der Waals surface area contributed by atoms with E-state index >= 15 is 0 Å². The number of amides is 2. The molecule has 0 aromatic heterocycles. The van der Waals surface area contributed by atoms with Crippen LogP contribution in [0, 0.1) is 5.82 Å². The molecule has 0 fully saturated rings. The van der Waals surface area contributed by atoms with Gasteiger partial charge < -0.3 is 15.0 Å². The Balaban J connectivity index is 2.13. The molecule has 0 radical (unpaired) electrons. The molecule has 2 aromatic carbocycles. The fourth-order valence-electron chi connectivity index (χ4n) is 3.64. The van der Waals surface area contributed by atoms with Crippen LogP contribution in [0.25, 0.3) is 0 Å². The van der Waals surface area contributed by atoms with Crippen LogP contribution in [0.1, 0.15) is 45.6 Å². The third kappa shape index (κ3) is 8.82. The molecular formula is C26H36FN3O5S. The zero-order valence-electron chi connectivity index (χ0n) is 21.4. The molecule has 1 N–H and O–H groups in total. The Morgan fingerprint density at radius 1 is 1.06 bits per heavy atom. The summed E-state index contributed by atoms with van der Waals surface area (Å²) in [5.41, 5.74) is 1.16. The lowest BCUT2D eigenvalue weighted by atomic mass is 10.1. The second-order valence-electron chi connectivity index (χ2n) is 8.48. The molecular weight excluding hydrogens is 485 g/mol. The van der Waals surface area contributed by atoms with Gasteiger partial charge >= 0.3 is 0 Å². The Bertz CT molecular complexity index is 1090. The first-order chi connectivity index (χ1) is 17.1. The maximum atomic E-state index is 13.3. The van der Waals surface area contributed by atoms with E-state index in [0.29, 0.717) is 30.2 Å². The topological polar surface area (TPSA) is 96.0 Å². The molecule has 36 heavy (non-hydrogen) atoms. The van der Waals surface area contributed by atoms with Crippen LogP contribution >= 0.6 is 0 Å². The smallest absolute Gasteiger partial charge is 0.242 e. The van der Waals surface area contributed by atoms with E-state index < -0.39 is 16.1 Å². The molecule has 10 heteroatoms. The summed E-state index contributed by atoms with van der Waals surface area (Å²) in [6, 6.07) is 11.7. The number of carbonyl (C=O) groups excluding carboxylic acids is 2. The second kappa shape index (κ2) is 13.8. The van der Waals surface area contributed by atoms with E-state index in [1.54, 1.807) is 43.3 Å². The van der Waals surface area contributed by atoms with Crippen molar-refractivity contribution in [2.75, 3.05) is 30.3 Å². The molecule has 0 aliphatic carbocycles. The van der Waals surface area contributed by atoms with Crippen LogP contribution in [0.15, 0.2) is 48.5 Å². The fraction of sp³-hybridized carbons (Fsp3) is 0.462. The van der Waals surface area contributed by atoms with E-state index in [2.05, 4.69) is 5.32 Å². The Hall–Kier alpha value is -3.14. The zero-order valence-corrected chi connectivity index (χ0v) is 22.2. The van der Waals surface area contributed by atoms with Crippen molar-refractivity contribution in [3.63, 3.8) is 0 Å². The summed E-state index contributed by atoms with van der Waals surface area (Å²) >= 11 is 0. The third-order valence-electron chi connectivity index (χ3n) is 5.57. The van der Waals surface area contributed by atoms with Crippen LogP contribution in [-0.4, -0.2) is 57.1 Å². The van der Waals surface area contributed by atoms with E-state index in [9.17, 15) is 22.4 Å². The molecule has 0 saturated heterocycles. The Kier molecular flexibility index (Phi) is 11.2. The van der Waals surface area contributed by atoms with Crippen molar-refractivity contribution >= 4 is 27.5 Å². The summed E-state index contributed by atoms with van der Waals surface area (Å²) in [7, 11) is -3.59. The predicted molar refractivity (Wildman–Crippen MR) is 139 cm³/mol. The van der Waals surface area contributed by atoms with Gasteiger partial charge in [-0.2, -0.15) is 0 Å². The van der Waals surface area contributed by atoms with Gasteiger partial charge in [0.2, 0.25) is 21.8 Å². The van der Waals surface area contributed by atoms with Gasteiger partial charge in [-0.15, -0.1) is 0 Å². The molecule has 2 amide bonds. The first-order valence-corrected chi connectivity index (χ1v) is 13.9. The first kappa shape index (κ1) is 29.1. The van der Waals surface area contributed by atoms with Crippen molar-refractivity contribution in [2.45, 2.75) is 52.6 Å². The summed E-state index contributed by atoms with van der Waals surface area (Å²) in [5.74, 6) is -0.324. The lowest BCUT2D eigenvalue weighted by Gasteiger charge is -2.29. The number of ether oxygens (including phenoxy) is 1. The average Bonchev–Trinajstić information content (AvgIpc) is 2.84. The number of hydrogen-bond donors (Lipinski definition) is 1. The highest BCUT2D eigenvalue weighted by molar-refractivity contribution is 7.92. The van der Waals surface area contributed by atoms with Crippen molar-refractivity contribution in [3.8, 4) is 5.75 Å². The quantitative estimate of drug-likeness (QED) is 0.409. The number of sulfonamides is 1. The number of nitrogens with zero attached hydrogens (tertiary/aromatic N) is 2. The van der Waals surface area contributed by atoms with Gasteiger partial charge in [0, 0.05) is 26.1 Å². The van der Waals surface area contributed by atoms with E-state index in [4.69, 9.17) is 4.74 Å². The largest absolute Gasteiger partial charge is 0.494 e. The van der Waals surface area contributed by atoms with Crippen LogP contribution in [0.4, 0.5) is 10.1 Å². The van der Waals surface area contributed by atoms with Gasteiger partial charge in [-0.1, -0.05) is 19.1 Å². The zero-order chi connectivity index (χ0) is 26.7. The molecule has 1 atom stereocenters. The molecule has 8 nitrogen and oxygen atoms in total. The number of hydrogen-bond acceptors (Lipinski definition) is 5. The second-order valence-corrected chi connectivity index (χ2v) is 10.4. The minimum atomic E-state index is -3.59. The minimum absolute atomic E-state index is 0.0373. The minimum Gasteiger partial charge on any atom is -0.494 e. The van der Waals surface area contributed by atoms with E-state index in [1.807, 2.05) is 13.8 Å². The predicted octanol–water partition coefficient (Wildman–Crippen LogP) is 3.71. The molecule has 0 bridgehead atoms. The lowest BCUT2D eigenvalue weighted by molar-refractivity contribution is -0.140. The maximum absolute atomic E-state index is 13.3. The summed E-state index contributed by atoms with van der Waals surface area (Å²) in [6.45, 7) is 6.67. The molecule has 0 spiro atoms. The summed E-state index contributed by atoms with van der Waals surface area (Å²) < 4.78 is 44.9. The number of rotatable bonds is 14. The maximum Gasteiger partial charge on any atom is 0.242 e. The number of nitrogens with one attached hydrogen (secondary N) is 1. The van der Waals surface area contributed by atoms with Crippen LogP contribution < -0.4 is 14.4 Å². The standard InChI is InChI=1S/C26H36FN3O5S/c1-5-17-28-26(32)20(3)29(19-21-9-11-22(27)12-10-21)25(31)8-7-18-30(36(4,33)34)23-13-15-24(16-14-23)35-6-2/h9-16,20H,5-8,17-19H2,1-4H3,(H,28,32)/t20-/m0/s1. The van der Waals surface area contributed by atoms with E-state index in [-0.39, 0.29) is 43.6 Å². The third-order valence-corrected chi connectivity index (χ3v) is 6.76.